The Bertz CT molecular complexity index is 398. The molecule has 2 N–H and O–H groups in total. The summed E-state index contributed by atoms with van der Waals surface area (Å²) in [7, 11) is 0. The molecule has 114 valence electrons. The minimum absolute atomic E-state index is 0.105. The van der Waals surface area contributed by atoms with Crippen LogP contribution in [0.15, 0.2) is 12.5 Å². The molecule has 0 spiro atoms. The Hall–Kier alpha value is -1.36. The summed E-state index contributed by atoms with van der Waals surface area (Å²) in [5.74, 6) is 1.23. The van der Waals surface area contributed by atoms with Gasteiger partial charge in [0.1, 0.15) is 0 Å². The average Bonchev–Trinajstić information content (AvgIpc) is 2.81. The fourth-order valence-corrected chi connectivity index (χ4v) is 1.81. The second-order valence-corrected chi connectivity index (χ2v) is 6.05. The van der Waals surface area contributed by atoms with Gasteiger partial charge in [0, 0.05) is 32.3 Å². The third-order valence-corrected chi connectivity index (χ3v) is 2.94. The highest BCUT2D eigenvalue weighted by Gasteiger charge is 2.06. The largest absolute Gasteiger partial charge is 0.356 e. The Balaban J connectivity index is 2.33. The number of nitrogens with one attached hydrogen (secondary N) is 2. The van der Waals surface area contributed by atoms with E-state index in [9.17, 15) is 4.79 Å². The zero-order chi connectivity index (χ0) is 15.0. The maximum atomic E-state index is 11.7. The smallest absolute Gasteiger partial charge is 0.221 e. The first-order valence-corrected chi connectivity index (χ1v) is 7.45. The van der Waals surface area contributed by atoms with Gasteiger partial charge in [0.2, 0.25) is 5.91 Å². The van der Waals surface area contributed by atoms with E-state index in [-0.39, 0.29) is 5.91 Å². The number of hydrogen-bond donors (Lipinski definition) is 2. The summed E-state index contributed by atoms with van der Waals surface area (Å²) in [6.07, 6.45) is 4.15. The van der Waals surface area contributed by atoms with Crippen LogP contribution >= 0.6 is 0 Å². The number of aromatic nitrogens is 2. The molecule has 5 nitrogen and oxygen atoms in total. The van der Waals surface area contributed by atoms with E-state index in [2.05, 4.69) is 43.3 Å². The first-order valence-electron chi connectivity index (χ1n) is 7.45. The molecular formula is C15H28N4O. The van der Waals surface area contributed by atoms with Crippen molar-refractivity contribution in [1.82, 2.24) is 20.2 Å². The molecule has 1 aromatic rings. The molecule has 0 aromatic carbocycles. The normalized spacial score (nSPS) is 11.3. The third-order valence-electron chi connectivity index (χ3n) is 2.94. The molecule has 0 bridgehead atoms. The molecule has 1 aromatic heterocycles. The van der Waals surface area contributed by atoms with Crippen molar-refractivity contribution in [2.24, 2.45) is 11.8 Å². The Morgan fingerprint density at radius 3 is 2.60 bits per heavy atom. The molecule has 20 heavy (non-hydrogen) atoms. The number of imidazole rings is 1. The highest BCUT2D eigenvalue weighted by atomic mass is 16.1. The first kappa shape index (κ1) is 16.7. The Morgan fingerprint density at radius 2 is 1.95 bits per heavy atom. The molecule has 0 saturated heterocycles. The Labute approximate surface area is 122 Å². The third kappa shape index (κ3) is 6.70. The number of hydrogen-bond acceptors (Lipinski definition) is 3. The molecule has 0 aliphatic carbocycles. The van der Waals surface area contributed by atoms with Gasteiger partial charge in [0.25, 0.3) is 0 Å². The highest BCUT2D eigenvalue weighted by Crippen LogP contribution is 2.01. The summed E-state index contributed by atoms with van der Waals surface area (Å²) in [6, 6.07) is 0. The Kier molecular flexibility index (Phi) is 7.30. The topological polar surface area (TPSA) is 59.0 Å². The van der Waals surface area contributed by atoms with E-state index in [0.717, 1.165) is 25.3 Å². The van der Waals surface area contributed by atoms with Gasteiger partial charge < -0.3 is 15.2 Å². The van der Waals surface area contributed by atoms with Crippen LogP contribution in [0.1, 0.15) is 39.8 Å². The van der Waals surface area contributed by atoms with Gasteiger partial charge in [-0.3, -0.25) is 4.79 Å². The van der Waals surface area contributed by atoms with Crippen LogP contribution < -0.4 is 10.6 Å². The quantitative estimate of drug-likeness (QED) is 0.725. The number of aryl methyl sites for hydroxylation is 1. The van der Waals surface area contributed by atoms with Gasteiger partial charge in [-0.25, -0.2) is 4.98 Å². The van der Waals surface area contributed by atoms with Crippen LogP contribution in [0.5, 0.6) is 0 Å². The molecule has 0 saturated carbocycles. The Morgan fingerprint density at radius 1 is 1.25 bits per heavy atom. The molecule has 1 heterocycles. The van der Waals surface area contributed by atoms with Crippen LogP contribution in [0, 0.1) is 11.8 Å². The predicted molar refractivity (Wildman–Crippen MR) is 81.2 cm³/mol. The van der Waals surface area contributed by atoms with Crippen LogP contribution in [0.3, 0.4) is 0 Å². The molecule has 0 radical (unpaired) electrons. The number of amides is 1. The number of carbonyl (C=O) groups is 1. The lowest BCUT2D eigenvalue weighted by molar-refractivity contribution is -0.121. The van der Waals surface area contributed by atoms with E-state index in [0.29, 0.717) is 24.8 Å². The molecule has 1 rings (SSSR count). The van der Waals surface area contributed by atoms with Gasteiger partial charge in [-0.15, -0.1) is 0 Å². The van der Waals surface area contributed by atoms with Gasteiger partial charge in [0.05, 0.1) is 12.0 Å². The van der Waals surface area contributed by atoms with Gasteiger partial charge in [0.15, 0.2) is 0 Å². The molecule has 0 atom stereocenters. The monoisotopic (exact) mass is 280 g/mol. The minimum Gasteiger partial charge on any atom is -0.356 e. The fraction of sp³-hybridized carbons (Fsp3) is 0.733. The van der Waals surface area contributed by atoms with E-state index in [1.807, 2.05) is 10.8 Å². The van der Waals surface area contributed by atoms with Crippen molar-refractivity contribution in [3.63, 3.8) is 0 Å². The lowest BCUT2D eigenvalue weighted by atomic mass is 10.2. The molecule has 1 amide bonds. The summed E-state index contributed by atoms with van der Waals surface area (Å²) in [4.78, 5) is 15.9. The van der Waals surface area contributed by atoms with Crippen LogP contribution in [-0.4, -0.2) is 28.5 Å². The van der Waals surface area contributed by atoms with Crippen molar-refractivity contribution < 1.29 is 4.79 Å². The summed E-state index contributed by atoms with van der Waals surface area (Å²) in [5, 5.41) is 6.33. The lowest BCUT2D eigenvalue weighted by Crippen LogP contribution is -2.28. The van der Waals surface area contributed by atoms with E-state index in [1.165, 1.54) is 0 Å². The van der Waals surface area contributed by atoms with Crippen LogP contribution in [0.2, 0.25) is 0 Å². The zero-order valence-corrected chi connectivity index (χ0v) is 13.1. The summed E-state index contributed by atoms with van der Waals surface area (Å²) < 4.78 is 2.04. The standard InChI is InChI=1S/C15H28N4O/c1-12(2)7-16-9-14-10-17-11-19(14)6-5-15(20)18-8-13(3)4/h10-13,16H,5-9H2,1-4H3,(H,18,20). The maximum absolute atomic E-state index is 11.7. The van der Waals surface area contributed by atoms with Crippen molar-refractivity contribution in [2.45, 2.75) is 47.2 Å². The van der Waals surface area contributed by atoms with E-state index in [1.54, 1.807) is 6.33 Å². The maximum Gasteiger partial charge on any atom is 0.221 e. The second-order valence-electron chi connectivity index (χ2n) is 6.05. The summed E-state index contributed by atoms with van der Waals surface area (Å²) >= 11 is 0. The molecule has 0 unspecified atom stereocenters. The van der Waals surface area contributed by atoms with Crippen molar-refractivity contribution in [1.29, 1.82) is 0 Å². The number of carbonyl (C=O) groups excluding carboxylic acids is 1. The van der Waals surface area contributed by atoms with Gasteiger partial charge >= 0.3 is 0 Å². The number of rotatable bonds is 9. The lowest BCUT2D eigenvalue weighted by Gasteiger charge is -2.11. The summed E-state index contributed by atoms with van der Waals surface area (Å²) in [5.41, 5.74) is 1.13. The minimum atomic E-state index is 0.105. The van der Waals surface area contributed by atoms with Crippen molar-refractivity contribution in [3.8, 4) is 0 Å². The fourth-order valence-electron chi connectivity index (χ4n) is 1.81. The van der Waals surface area contributed by atoms with E-state index in [4.69, 9.17) is 0 Å². The predicted octanol–water partition coefficient (Wildman–Crippen LogP) is 1.79. The number of nitrogens with zero attached hydrogens (tertiary/aromatic N) is 2. The molecular weight excluding hydrogens is 252 g/mol. The molecule has 0 aliphatic heterocycles. The SMILES string of the molecule is CC(C)CNCc1cncn1CCC(=O)NCC(C)C. The van der Waals surface area contributed by atoms with Crippen LogP contribution in [-0.2, 0) is 17.9 Å². The van der Waals surface area contributed by atoms with Crippen molar-refractivity contribution in [2.75, 3.05) is 13.1 Å². The molecule has 5 heteroatoms. The summed E-state index contributed by atoms with van der Waals surface area (Å²) in [6.45, 7) is 11.8. The van der Waals surface area contributed by atoms with Gasteiger partial charge in [-0.1, -0.05) is 27.7 Å². The first-order chi connectivity index (χ1) is 9.49. The van der Waals surface area contributed by atoms with Crippen molar-refractivity contribution >= 4 is 5.91 Å². The van der Waals surface area contributed by atoms with Crippen molar-refractivity contribution in [3.05, 3.63) is 18.2 Å². The average molecular weight is 280 g/mol. The van der Waals surface area contributed by atoms with Gasteiger partial charge in [-0.05, 0) is 18.4 Å². The highest BCUT2D eigenvalue weighted by molar-refractivity contribution is 5.75. The van der Waals surface area contributed by atoms with Gasteiger partial charge in [-0.2, -0.15) is 0 Å². The van der Waals surface area contributed by atoms with E-state index >= 15 is 0 Å². The zero-order valence-electron chi connectivity index (χ0n) is 13.1. The second kappa shape index (κ2) is 8.74. The van der Waals surface area contributed by atoms with Crippen LogP contribution in [0.25, 0.3) is 0 Å². The molecule has 0 fully saturated rings. The van der Waals surface area contributed by atoms with Crippen LogP contribution in [0.4, 0.5) is 0 Å². The van der Waals surface area contributed by atoms with E-state index < -0.39 is 0 Å². The molecule has 0 aliphatic rings.